The zero-order valence-corrected chi connectivity index (χ0v) is 11.4. The summed E-state index contributed by atoms with van der Waals surface area (Å²) in [6.07, 6.45) is 2.78. The van der Waals surface area contributed by atoms with Gasteiger partial charge in [0.05, 0.1) is 0 Å². The molecule has 1 aromatic rings. The average molecular weight is 263 g/mol. The van der Waals surface area contributed by atoms with Crippen LogP contribution in [0.3, 0.4) is 0 Å². The van der Waals surface area contributed by atoms with Gasteiger partial charge in [-0.1, -0.05) is 57.0 Å². The van der Waals surface area contributed by atoms with E-state index >= 15 is 0 Å². The van der Waals surface area contributed by atoms with Crippen LogP contribution in [0.15, 0.2) is 30.3 Å². The first-order valence-corrected chi connectivity index (χ1v) is 6.64. The quantitative estimate of drug-likeness (QED) is 0.795. The fourth-order valence-corrected chi connectivity index (χ4v) is 1.86. The van der Waals surface area contributed by atoms with Crippen molar-refractivity contribution in [1.82, 2.24) is 5.32 Å². The number of carboxylic acids is 1. The number of carbonyl (C=O) groups excluding carboxylic acids is 1. The maximum Gasteiger partial charge on any atom is 0.330 e. The molecule has 0 saturated carbocycles. The highest BCUT2D eigenvalue weighted by Gasteiger charge is 2.23. The third-order valence-corrected chi connectivity index (χ3v) is 3.10. The Morgan fingerprint density at radius 2 is 1.89 bits per heavy atom. The lowest BCUT2D eigenvalue weighted by atomic mass is 10.0. The zero-order valence-electron chi connectivity index (χ0n) is 11.4. The number of carbonyl (C=O) groups is 2. The van der Waals surface area contributed by atoms with Crippen LogP contribution in [-0.4, -0.2) is 17.0 Å². The number of benzene rings is 1. The first kappa shape index (κ1) is 15.2. The largest absolute Gasteiger partial charge is 0.479 e. The molecule has 4 nitrogen and oxygen atoms in total. The lowest BCUT2D eigenvalue weighted by Gasteiger charge is -2.18. The summed E-state index contributed by atoms with van der Waals surface area (Å²) in [4.78, 5) is 23.2. The lowest BCUT2D eigenvalue weighted by molar-refractivity contribution is -0.142. The Bertz CT molecular complexity index is 417. The number of hydrogen-bond acceptors (Lipinski definition) is 2. The minimum Gasteiger partial charge on any atom is -0.479 e. The molecule has 19 heavy (non-hydrogen) atoms. The van der Waals surface area contributed by atoms with Gasteiger partial charge in [0.2, 0.25) is 5.91 Å². The summed E-state index contributed by atoms with van der Waals surface area (Å²) in [6, 6.07) is 7.77. The van der Waals surface area contributed by atoms with Crippen molar-refractivity contribution in [3.8, 4) is 0 Å². The minimum atomic E-state index is -1.04. The molecule has 0 aromatic heterocycles. The molecule has 0 aliphatic rings. The van der Waals surface area contributed by atoms with Crippen molar-refractivity contribution in [2.45, 2.75) is 39.2 Å². The normalized spacial score (nSPS) is 13.6. The van der Waals surface area contributed by atoms with E-state index in [1.165, 1.54) is 0 Å². The number of aliphatic carboxylic acids is 1. The molecule has 0 heterocycles. The van der Waals surface area contributed by atoms with Gasteiger partial charge in [-0.05, 0) is 12.0 Å². The van der Waals surface area contributed by atoms with E-state index in [0.717, 1.165) is 19.3 Å². The van der Waals surface area contributed by atoms with Gasteiger partial charge in [0, 0.05) is 5.92 Å². The van der Waals surface area contributed by atoms with Gasteiger partial charge in [-0.15, -0.1) is 0 Å². The highest BCUT2D eigenvalue weighted by molar-refractivity contribution is 5.85. The van der Waals surface area contributed by atoms with Crippen molar-refractivity contribution in [1.29, 1.82) is 0 Å². The number of amides is 1. The molecule has 0 aliphatic carbocycles. The predicted molar refractivity (Wildman–Crippen MR) is 73.7 cm³/mol. The predicted octanol–water partition coefficient (Wildman–Crippen LogP) is 2.75. The Morgan fingerprint density at radius 3 is 2.42 bits per heavy atom. The molecule has 2 atom stereocenters. The van der Waals surface area contributed by atoms with E-state index in [-0.39, 0.29) is 11.8 Å². The van der Waals surface area contributed by atoms with Crippen LogP contribution in [0, 0.1) is 5.92 Å². The van der Waals surface area contributed by atoms with Crippen molar-refractivity contribution in [3.05, 3.63) is 35.9 Å². The second-order valence-corrected chi connectivity index (χ2v) is 4.73. The molecule has 1 aromatic carbocycles. The summed E-state index contributed by atoms with van der Waals surface area (Å²) in [7, 11) is 0. The van der Waals surface area contributed by atoms with E-state index in [4.69, 9.17) is 0 Å². The van der Waals surface area contributed by atoms with Gasteiger partial charge in [0.15, 0.2) is 6.04 Å². The molecule has 104 valence electrons. The summed E-state index contributed by atoms with van der Waals surface area (Å²) in [6.45, 7) is 3.89. The van der Waals surface area contributed by atoms with Crippen LogP contribution in [0.1, 0.15) is 44.7 Å². The van der Waals surface area contributed by atoms with Crippen LogP contribution in [0.4, 0.5) is 0 Å². The molecular formula is C15H21NO3. The third kappa shape index (κ3) is 4.73. The van der Waals surface area contributed by atoms with Gasteiger partial charge in [0.1, 0.15) is 0 Å². The van der Waals surface area contributed by atoms with E-state index in [2.05, 4.69) is 12.2 Å². The molecule has 0 saturated heterocycles. The summed E-state index contributed by atoms with van der Waals surface area (Å²) in [5.74, 6) is -1.41. The molecule has 1 amide bonds. The Morgan fingerprint density at radius 1 is 1.26 bits per heavy atom. The molecule has 0 aliphatic heterocycles. The van der Waals surface area contributed by atoms with Crippen LogP contribution < -0.4 is 5.32 Å². The van der Waals surface area contributed by atoms with Crippen molar-refractivity contribution in [3.63, 3.8) is 0 Å². The summed E-state index contributed by atoms with van der Waals surface area (Å²) >= 11 is 0. The molecule has 2 N–H and O–H groups in total. The van der Waals surface area contributed by atoms with E-state index in [1.54, 1.807) is 24.3 Å². The fraction of sp³-hybridized carbons (Fsp3) is 0.467. The third-order valence-electron chi connectivity index (χ3n) is 3.10. The van der Waals surface area contributed by atoms with E-state index in [9.17, 15) is 14.7 Å². The monoisotopic (exact) mass is 263 g/mol. The number of unbranched alkanes of at least 4 members (excludes halogenated alkanes) is 1. The average Bonchev–Trinajstić information content (AvgIpc) is 2.42. The highest BCUT2D eigenvalue weighted by Crippen LogP contribution is 2.15. The van der Waals surface area contributed by atoms with Gasteiger partial charge in [-0.2, -0.15) is 0 Å². The Hall–Kier alpha value is -1.84. The number of hydrogen-bond donors (Lipinski definition) is 2. The molecule has 0 fully saturated rings. The topological polar surface area (TPSA) is 66.4 Å². The maximum absolute atomic E-state index is 12.0. The summed E-state index contributed by atoms with van der Waals surface area (Å²) in [5.41, 5.74) is 0.589. The first-order valence-electron chi connectivity index (χ1n) is 6.64. The van der Waals surface area contributed by atoms with E-state index in [1.807, 2.05) is 13.0 Å². The lowest BCUT2D eigenvalue weighted by Crippen LogP contribution is -2.36. The van der Waals surface area contributed by atoms with Gasteiger partial charge in [-0.25, -0.2) is 4.79 Å². The van der Waals surface area contributed by atoms with Crippen molar-refractivity contribution in [2.75, 3.05) is 0 Å². The smallest absolute Gasteiger partial charge is 0.330 e. The molecule has 0 spiro atoms. The van der Waals surface area contributed by atoms with Crippen LogP contribution in [0.25, 0.3) is 0 Å². The van der Waals surface area contributed by atoms with Crippen molar-refractivity contribution < 1.29 is 14.7 Å². The second kappa shape index (κ2) is 7.56. The van der Waals surface area contributed by atoms with Gasteiger partial charge >= 0.3 is 5.97 Å². The Kier molecular flexibility index (Phi) is 6.06. The first-order chi connectivity index (χ1) is 9.06. The molecular weight excluding hydrogens is 242 g/mol. The van der Waals surface area contributed by atoms with Crippen LogP contribution in [-0.2, 0) is 9.59 Å². The van der Waals surface area contributed by atoms with Crippen LogP contribution >= 0.6 is 0 Å². The van der Waals surface area contributed by atoms with E-state index < -0.39 is 12.0 Å². The van der Waals surface area contributed by atoms with Crippen LogP contribution in [0.5, 0.6) is 0 Å². The minimum absolute atomic E-state index is 0.162. The molecule has 0 bridgehead atoms. The van der Waals surface area contributed by atoms with Crippen molar-refractivity contribution >= 4 is 11.9 Å². The molecule has 2 unspecified atom stereocenters. The Balaban J connectivity index is 2.70. The zero-order chi connectivity index (χ0) is 14.3. The van der Waals surface area contributed by atoms with Gasteiger partial charge in [0.25, 0.3) is 0 Å². The Labute approximate surface area is 113 Å². The van der Waals surface area contributed by atoms with Crippen LogP contribution in [0.2, 0.25) is 0 Å². The van der Waals surface area contributed by atoms with Gasteiger partial charge < -0.3 is 10.4 Å². The standard InChI is InChI=1S/C15H21NO3/c1-3-4-8-11(2)14(17)16-13(15(18)19)12-9-6-5-7-10-12/h5-7,9-11,13H,3-4,8H2,1-2H3,(H,16,17)(H,18,19). The number of rotatable bonds is 7. The maximum atomic E-state index is 12.0. The fourth-order valence-electron chi connectivity index (χ4n) is 1.86. The molecule has 0 radical (unpaired) electrons. The highest BCUT2D eigenvalue weighted by atomic mass is 16.4. The summed E-state index contributed by atoms with van der Waals surface area (Å²) < 4.78 is 0. The number of nitrogens with one attached hydrogen (secondary N) is 1. The van der Waals surface area contributed by atoms with E-state index in [0.29, 0.717) is 5.56 Å². The summed E-state index contributed by atoms with van der Waals surface area (Å²) in [5, 5.41) is 11.8. The number of carboxylic acid groups (broad SMARTS) is 1. The second-order valence-electron chi connectivity index (χ2n) is 4.73. The molecule has 4 heteroatoms. The SMILES string of the molecule is CCCCC(C)C(=O)NC(C(=O)O)c1ccccc1. The van der Waals surface area contributed by atoms with Crippen molar-refractivity contribution in [2.24, 2.45) is 5.92 Å². The van der Waals surface area contributed by atoms with Gasteiger partial charge in [-0.3, -0.25) is 4.79 Å². The molecule has 1 rings (SSSR count).